The molecule has 2 aromatic rings. The average Bonchev–Trinajstić information content (AvgIpc) is 2.76. The highest BCUT2D eigenvalue weighted by Gasteiger charge is 2.11. The second-order valence-electron chi connectivity index (χ2n) is 3.63. The maximum absolute atomic E-state index is 5.06. The minimum absolute atomic E-state index is 0.455. The Kier molecular flexibility index (Phi) is 2.70. The van der Waals surface area contributed by atoms with Crippen LogP contribution in [0.3, 0.4) is 0 Å². The van der Waals surface area contributed by atoms with Crippen LogP contribution in [0, 0.1) is 4.77 Å². The highest BCUT2D eigenvalue weighted by Crippen LogP contribution is 2.27. The Morgan fingerprint density at radius 1 is 1.53 bits per heavy atom. The summed E-state index contributed by atoms with van der Waals surface area (Å²) in [6, 6.07) is 0. The van der Waals surface area contributed by atoms with Crippen LogP contribution in [0.2, 0.25) is 0 Å². The summed E-state index contributed by atoms with van der Waals surface area (Å²) in [4.78, 5) is 5.41. The van der Waals surface area contributed by atoms with E-state index in [1.165, 1.54) is 0 Å². The molecule has 0 aromatic carbocycles. The summed E-state index contributed by atoms with van der Waals surface area (Å²) in [5, 5.41) is 8.07. The third-order valence-electron chi connectivity index (χ3n) is 2.12. The Hall–Kier alpha value is -1.01. The minimum atomic E-state index is 0.455. The second-order valence-corrected chi connectivity index (χ2v) is 5.08. The van der Waals surface area contributed by atoms with Crippen LogP contribution >= 0.6 is 23.6 Å². The molecule has 0 bridgehead atoms. The number of rotatable bonds is 2. The van der Waals surface area contributed by atoms with Gasteiger partial charge in [0.25, 0.3) is 0 Å². The molecular formula is C9H12N4S2. The Balaban J connectivity index is 2.46. The van der Waals surface area contributed by atoms with Crippen molar-refractivity contribution in [2.75, 3.05) is 0 Å². The van der Waals surface area contributed by atoms with E-state index in [1.54, 1.807) is 11.3 Å². The molecule has 2 aromatic heterocycles. The van der Waals surface area contributed by atoms with Crippen molar-refractivity contribution in [2.24, 2.45) is 7.05 Å². The lowest BCUT2D eigenvalue weighted by Gasteiger charge is -1.96. The quantitative estimate of drug-likeness (QED) is 0.821. The van der Waals surface area contributed by atoms with Crippen molar-refractivity contribution >= 4 is 23.6 Å². The lowest BCUT2D eigenvalue weighted by atomic mass is 10.2. The van der Waals surface area contributed by atoms with Crippen molar-refractivity contribution in [3.8, 4) is 10.7 Å². The van der Waals surface area contributed by atoms with Crippen LogP contribution in [-0.4, -0.2) is 19.7 Å². The summed E-state index contributed by atoms with van der Waals surface area (Å²) in [5.41, 5.74) is 0. The van der Waals surface area contributed by atoms with Gasteiger partial charge in [0.2, 0.25) is 0 Å². The van der Waals surface area contributed by atoms with Gasteiger partial charge in [-0.1, -0.05) is 13.8 Å². The fourth-order valence-electron chi connectivity index (χ4n) is 1.23. The Bertz CT molecular complexity index is 520. The van der Waals surface area contributed by atoms with Gasteiger partial charge < -0.3 is 4.57 Å². The number of thiazole rings is 1. The molecule has 80 valence electrons. The summed E-state index contributed by atoms with van der Waals surface area (Å²) in [5.74, 6) is 1.31. The van der Waals surface area contributed by atoms with E-state index in [-0.39, 0.29) is 0 Å². The third-order valence-corrected chi connectivity index (χ3v) is 3.78. The van der Waals surface area contributed by atoms with Gasteiger partial charge in [0.05, 0.1) is 9.88 Å². The van der Waals surface area contributed by atoms with E-state index in [1.807, 2.05) is 17.8 Å². The molecule has 4 nitrogen and oxygen atoms in total. The normalized spacial score (nSPS) is 11.2. The van der Waals surface area contributed by atoms with Gasteiger partial charge in [-0.15, -0.1) is 11.3 Å². The van der Waals surface area contributed by atoms with Crippen LogP contribution < -0.4 is 0 Å². The van der Waals surface area contributed by atoms with Crippen molar-refractivity contribution in [2.45, 2.75) is 19.8 Å². The maximum atomic E-state index is 5.06. The van der Waals surface area contributed by atoms with E-state index >= 15 is 0 Å². The summed E-state index contributed by atoms with van der Waals surface area (Å²) in [6.45, 7) is 4.26. The van der Waals surface area contributed by atoms with E-state index in [0.29, 0.717) is 10.7 Å². The molecule has 0 fully saturated rings. The first-order valence-electron chi connectivity index (χ1n) is 4.67. The first-order valence-corrected chi connectivity index (χ1v) is 5.89. The van der Waals surface area contributed by atoms with E-state index in [4.69, 9.17) is 12.2 Å². The SMILES string of the molecule is CC(C)c1ncc(-c2n[nH]c(=S)n2C)s1. The van der Waals surface area contributed by atoms with Crippen LogP contribution in [0.25, 0.3) is 10.7 Å². The summed E-state index contributed by atoms with van der Waals surface area (Å²) >= 11 is 6.72. The lowest BCUT2D eigenvalue weighted by Crippen LogP contribution is -1.90. The summed E-state index contributed by atoms with van der Waals surface area (Å²) < 4.78 is 2.48. The molecule has 2 rings (SSSR count). The van der Waals surface area contributed by atoms with Gasteiger partial charge in [-0.25, -0.2) is 4.98 Å². The number of H-pyrrole nitrogens is 1. The van der Waals surface area contributed by atoms with E-state index in [2.05, 4.69) is 29.0 Å². The number of aromatic nitrogens is 4. The monoisotopic (exact) mass is 240 g/mol. The summed E-state index contributed by atoms with van der Waals surface area (Å²) in [7, 11) is 1.90. The zero-order valence-corrected chi connectivity index (χ0v) is 10.4. The predicted octanol–water partition coefficient (Wildman–Crippen LogP) is 2.72. The van der Waals surface area contributed by atoms with Crippen LogP contribution in [0.15, 0.2) is 6.20 Å². The fraction of sp³-hybridized carbons (Fsp3) is 0.444. The molecular weight excluding hydrogens is 228 g/mol. The van der Waals surface area contributed by atoms with Gasteiger partial charge in [0, 0.05) is 19.2 Å². The molecule has 0 aliphatic rings. The van der Waals surface area contributed by atoms with Gasteiger partial charge >= 0.3 is 0 Å². The highest BCUT2D eigenvalue weighted by atomic mass is 32.1. The molecule has 0 amide bonds. The van der Waals surface area contributed by atoms with Gasteiger partial charge in [0.15, 0.2) is 10.6 Å². The molecule has 0 spiro atoms. The molecule has 0 atom stereocenters. The molecule has 0 aliphatic carbocycles. The van der Waals surface area contributed by atoms with Gasteiger partial charge in [-0.05, 0) is 12.2 Å². The van der Waals surface area contributed by atoms with Gasteiger partial charge in [0.1, 0.15) is 0 Å². The molecule has 0 saturated carbocycles. The van der Waals surface area contributed by atoms with Crippen LogP contribution in [0.1, 0.15) is 24.8 Å². The smallest absolute Gasteiger partial charge is 0.195 e. The maximum Gasteiger partial charge on any atom is 0.195 e. The molecule has 0 radical (unpaired) electrons. The van der Waals surface area contributed by atoms with Crippen molar-refractivity contribution in [1.82, 2.24) is 19.7 Å². The topological polar surface area (TPSA) is 46.5 Å². The van der Waals surface area contributed by atoms with Crippen molar-refractivity contribution < 1.29 is 0 Å². The van der Waals surface area contributed by atoms with Gasteiger partial charge in [-0.2, -0.15) is 5.10 Å². The number of nitrogens with zero attached hydrogens (tertiary/aromatic N) is 3. The minimum Gasteiger partial charge on any atom is -0.303 e. The number of nitrogens with one attached hydrogen (secondary N) is 1. The van der Waals surface area contributed by atoms with Gasteiger partial charge in [-0.3, -0.25) is 5.10 Å². The average molecular weight is 240 g/mol. The molecule has 0 unspecified atom stereocenters. The standard InChI is InChI=1S/C9H12N4S2/c1-5(2)8-10-4-6(15-8)7-11-12-9(14)13(7)3/h4-5H,1-3H3,(H,12,14). The van der Waals surface area contributed by atoms with Crippen molar-refractivity contribution in [3.05, 3.63) is 16.0 Å². The highest BCUT2D eigenvalue weighted by molar-refractivity contribution is 7.71. The van der Waals surface area contributed by atoms with E-state index in [9.17, 15) is 0 Å². The number of aromatic amines is 1. The molecule has 0 saturated heterocycles. The molecule has 1 N–H and O–H groups in total. The number of hydrogen-bond donors (Lipinski definition) is 1. The Morgan fingerprint density at radius 2 is 2.27 bits per heavy atom. The third kappa shape index (κ3) is 1.87. The molecule has 2 heterocycles. The molecule has 6 heteroatoms. The van der Waals surface area contributed by atoms with Crippen molar-refractivity contribution in [3.63, 3.8) is 0 Å². The van der Waals surface area contributed by atoms with E-state index < -0.39 is 0 Å². The molecule has 0 aliphatic heterocycles. The first-order chi connectivity index (χ1) is 7.09. The molecule has 15 heavy (non-hydrogen) atoms. The largest absolute Gasteiger partial charge is 0.303 e. The first kappa shape index (κ1) is 10.5. The predicted molar refractivity (Wildman–Crippen MR) is 63.6 cm³/mol. The van der Waals surface area contributed by atoms with Crippen LogP contribution in [0.4, 0.5) is 0 Å². The number of hydrogen-bond acceptors (Lipinski definition) is 4. The van der Waals surface area contributed by atoms with E-state index in [0.717, 1.165) is 15.7 Å². The lowest BCUT2D eigenvalue weighted by molar-refractivity contribution is 0.852. The zero-order valence-electron chi connectivity index (χ0n) is 8.81. The van der Waals surface area contributed by atoms with Crippen LogP contribution in [-0.2, 0) is 7.05 Å². The summed E-state index contributed by atoms with van der Waals surface area (Å²) in [6.07, 6.45) is 1.85. The second kappa shape index (κ2) is 3.86. The van der Waals surface area contributed by atoms with Crippen molar-refractivity contribution in [1.29, 1.82) is 0 Å². The zero-order chi connectivity index (χ0) is 11.0. The fourth-order valence-corrected chi connectivity index (χ4v) is 2.30. The Morgan fingerprint density at radius 3 is 2.73 bits per heavy atom. The Labute approximate surface area is 97.0 Å². The van der Waals surface area contributed by atoms with Crippen LogP contribution in [0.5, 0.6) is 0 Å².